The normalized spacial score (nSPS) is 36.1. The molecule has 0 radical (unpaired) electrons. The second-order valence-corrected chi connectivity index (χ2v) is 5.31. The second kappa shape index (κ2) is 7.73. The molecule has 0 aromatic carbocycles. The van der Waals surface area contributed by atoms with Gasteiger partial charge in [-0.05, 0) is 26.7 Å². The third-order valence-electron chi connectivity index (χ3n) is 3.51. The molecule has 0 aromatic heterocycles. The van der Waals surface area contributed by atoms with Gasteiger partial charge in [-0.1, -0.05) is 13.0 Å². The number of hydrogen-bond acceptors (Lipinski definition) is 5. The molecular weight excluding hydrogens is 264 g/mol. The zero-order chi connectivity index (χ0) is 15.3. The minimum absolute atomic E-state index is 0.129. The Hall–Kier alpha value is -0.950. The summed E-state index contributed by atoms with van der Waals surface area (Å²) in [4.78, 5) is 10.3. The molecule has 1 fully saturated rings. The van der Waals surface area contributed by atoms with Crippen LogP contribution in [-0.2, 0) is 14.3 Å². The lowest BCUT2D eigenvalue weighted by molar-refractivity contribution is -0.283. The minimum atomic E-state index is -0.964. The first-order valence-corrected chi connectivity index (χ1v) is 6.89. The lowest BCUT2D eigenvalue weighted by Crippen LogP contribution is -2.53. The van der Waals surface area contributed by atoms with E-state index in [0.717, 1.165) is 6.08 Å². The molecule has 0 aliphatic carbocycles. The number of carboxylic acids is 1. The fourth-order valence-electron chi connectivity index (χ4n) is 2.13. The molecule has 6 atom stereocenters. The fourth-order valence-corrected chi connectivity index (χ4v) is 2.13. The van der Waals surface area contributed by atoms with Gasteiger partial charge in [0.15, 0.2) is 6.29 Å². The van der Waals surface area contributed by atoms with Gasteiger partial charge in [0.25, 0.3) is 0 Å². The molecule has 1 rings (SSSR count). The van der Waals surface area contributed by atoms with Crippen molar-refractivity contribution in [2.45, 2.75) is 64.3 Å². The fraction of sp³-hybridized carbons (Fsp3) is 0.786. The predicted octanol–water partition coefficient (Wildman–Crippen LogP) is 0.915. The maximum Gasteiger partial charge on any atom is 0.327 e. The molecule has 0 amide bonds. The van der Waals surface area contributed by atoms with Crippen LogP contribution in [0.5, 0.6) is 0 Å². The Morgan fingerprint density at radius 1 is 1.35 bits per heavy atom. The van der Waals surface area contributed by atoms with Crippen molar-refractivity contribution in [3.8, 4) is 0 Å². The minimum Gasteiger partial charge on any atom is -0.478 e. The molecule has 0 bridgehead atoms. The lowest BCUT2D eigenvalue weighted by atomic mass is 9.93. The summed E-state index contributed by atoms with van der Waals surface area (Å²) in [6.45, 7) is 5.32. The highest BCUT2D eigenvalue weighted by atomic mass is 16.7. The highest BCUT2D eigenvalue weighted by molar-refractivity contribution is 5.79. The molecule has 1 heterocycles. The van der Waals surface area contributed by atoms with Crippen LogP contribution in [-0.4, -0.2) is 52.0 Å². The van der Waals surface area contributed by atoms with E-state index in [1.807, 2.05) is 6.92 Å². The zero-order valence-electron chi connectivity index (χ0n) is 12.1. The van der Waals surface area contributed by atoms with Crippen LogP contribution in [0.4, 0.5) is 0 Å². The standard InChI is InChI=1S/C14H24O6/c1-8(6-4-5-7-11(15)16)19-14-9(2)12(17)13(18)10(3)20-14/h5,7-10,12-14,17-18H,4,6H2,1-3H3,(H,15,16)/b7-5+/t8-,9+,10+,12+,13-,14-/m1/s1. The quantitative estimate of drug-likeness (QED) is 0.629. The van der Waals surface area contributed by atoms with E-state index in [0.29, 0.717) is 12.8 Å². The average Bonchev–Trinajstić information content (AvgIpc) is 2.38. The SMILES string of the molecule is C[C@@H]1[C@H](O[C@H](C)CC/C=C/C(=O)O)O[C@@H](C)[C@@H](O)[C@H]1O. The molecule has 0 aromatic rings. The van der Waals surface area contributed by atoms with Crippen LogP contribution in [0.1, 0.15) is 33.6 Å². The van der Waals surface area contributed by atoms with Gasteiger partial charge in [-0.15, -0.1) is 0 Å². The molecule has 1 aliphatic heterocycles. The topological polar surface area (TPSA) is 96.2 Å². The number of ether oxygens (including phenoxy) is 2. The molecule has 3 N–H and O–H groups in total. The van der Waals surface area contributed by atoms with Gasteiger partial charge in [0, 0.05) is 12.0 Å². The Morgan fingerprint density at radius 2 is 2.00 bits per heavy atom. The van der Waals surface area contributed by atoms with E-state index in [9.17, 15) is 15.0 Å². The number of aliphatic hydroxyl groups is 2. The molecule has 0 unspecified atom stereocenters. The van der Waals surface area contributed by atoms with Gasteiger partial charge >= 0.3 is 5.97 Å². The van der Waals surface area contributed by atoms with Crippen molar-refractivity contribution in [3.63, 3.8) is 0 Å². The Balaban J connectivity index is 2.41. The molecule has 6 nitrogen and oxygen atoms in total. The lowest BCUT2D eigenvalue weighted by Gasteiger charge is -2.41. The molecular formula is C14H24O6. The third-order valence-corrected chi connectivity index (χ3v) is 3.51. The van der Waals surface area contributed by atoms with Crippen LogP contribution in [0, 0.1) is 5.92 Å². The zero-order valence-corrected chi connectivity index (χ0v) is 12.1. The Labute approximate surface area is 119 Å². The van der Waals surface area contributed by atoms with Gasteiger partial charge in [0.05, 0.1) is 18.3 Å². The number of carbonyl (C=O) groups is 1. The van der Waals surface area contributed by atoms with Crippen LogP contribution < -0.4 is 0 Å². The maximum absolute atomic E-state index is 10.3. The van der Waals surface area contributed by atoms with E-state index in [-0.39, 0.29) is 12.0 Å². The first-order chi connectivity index (χ1) is 9.32. The number of allylic oxidation sites excluding steroid dienone is 1. The van der Waals surface area contributed by atoms with Gasteiger partial charge in [0.1, 0.15) is 6.10 Å². The van der Waals surface area contributed by atoms with Gasteiger partial charge in [-0.3, -0.25) is 0 Å². The van der Waals surface area contributed by atoms with Crippen molar-refractivity contribution in [2.75, 3.05) is 0 Å². The molecule has 1 saturated heterocycles. The molecule has 116 valence electrons. The summed E-state index contributed by atoms with van der Waals surface area (Å²) in [5.41, 5.74) is 0. The maximum atomic E-state index is 10.3. The Morgan fingerprint density at radius 3 is 2.60 bits per heavy atom. The monoisotopic (exact) mass is 288 g/mol. The first-order valence-electron chi connectivity index (χ1n) is 6.89. The number of aliphatic carboxylic acids is 1. The van der Waals surface area contributed by atoms with Gasteiger partial charge in [0.2, 0.25) is 0 Å². The van der Waals surface area contributed by atoms with Crippen molar-refractivity contribution >= 4 is 5.97 Å². The van der Waals surface area contributed by atoms with E-state index in [2.05, 4.69) is 0 Å². The van der Waals surface area contributed by atoms with Crippen molar-refractivity contribution < 1.29 is 29.6 Å². The summed E-state index contributed by atoms with van der Waals surface area (Å²) in [5.74, 6) is -1.29. The molecule has 1 aliphatic rings. The first kappa shape index (κ1) is 17.1. The Bertz CT molecular complexity index is 343. The Kier molecular flexibility index (Phi) is 6.61. The van der Waals surface area contributed by atoms with E-state index in [1.54, 1.807) is 19.9 Å². The molecule has 6 heteroatoms. The van der Waals surface area contributed by atoms with Crippen LogP contribution in [0.2, 0.25) is 0 Å². The van der Waals surface area contributed by atoms with E-state index < -0.39 is 30.6 Å². The highest BCUT2D eigenvalue weighted by Crippen LogP contribution is 2.27. The number of aliphatic hydroxyl groups excluding tert-OH is 2. The van der Waals surface area contributed by atoms with Crippen LogP contribution in [0.25, 0.3) is 0 Å². The summed E-state index contributed by atoms with van der Waals surface area (Å²) in [6.07, 6.45) is 0.978. The van der Waals surface area contributed by atoms with Gasteiger partial charge in [-0.2, -0.15) is 0 Å². The van der Waals surface area contributed by atoms with E-state index >= 15 is 0 Å². The predicted molar refractivity (Wildman–Crippen MR) is 72.1 cm³/mol. The second-order valence-electron chi connectivity index (χ2n) is 5.31. The van der Waals surface area contributed by atoms with Crippen molar-refractivity contribution in [2.24, 2.45) is 5.92 Å². The van der Waals surface area contributed by atoms with Crippen LogP contribution in [0.3, 0.4) is 0 Å². The van der Waals surface area contributed by atoms with Gasteiger partial charge in [-0.25, -0.2) is 4.79 Å². The smallest absolute Gasteiger partial charge is 0.327 e. The number of hydrogen-bond donors (Lipinski definition) is 3. The van der Waals surface area contributed by atoms with Crippen LogP contribution in [0.15, 0.2) is 12.2 Å². The summed E-state index contributed by atoms with van der Waals surface area (Å²) in [5, 5.41) is 28.1. The molecule has 20 heavy (non-hydrogen) atoms. The van der Waals surface area contributed by atoms with Gasteiger partial charge < -0.3 is 24.8 Å². The molecule has 0 saturated carbocycles. The number of rotatable bonds is 6. The highest BCUT2D eigenvalue weighted by Gasteiger charge is 2.41. The number of carboxylic acid groups (broad SMARTS) is 1. The van der Waals surface area contributed by atoms with E-state index in [4.69, 9.17) is 14.6 Å². The summed E-state index contributed by atoms with van der Waals surface area (Å²) < 4.78 is 11.3. The third kappa shape index (κ3) is 4.86. The van der Waals surface area contributed by atoms with Crippen molar-refractivity contribution in [1.29, 1.82) is 0 Å². The van der Waals surface area contributed by atoms with Crippen molar-refractivity contribution in [1.82, 2.24) is 0 Å². The van der Waals surface area contributed by atoms with Crippen molar-refractivity contribution in [3.05, 3.63) is 12.2 Å². The average molecular weight is 288 g/mol. The summed E-state index contributed by atoms with van der Waals surface area (Å²) in [7, 11) is 0. The summed E-state index contributed by atoms with van der Waals surface area (Å²) in [6, 6.07) is 0. The molecule has 0 spiro atoms. The van der Waals surface area contributed by atoms with Crippen LogP contribution >= 0.6 is 0 Å². The largest absolute Gasteiger partial charge is 0.478 e. The summed E-state index contributed by atoms with van der Waals surface area (Å²) >= 11 is 0. The van der Waals surface area contributed by atoms with E-state index in [1.165, 1.54) is 0 Å².